The first-order chi connectivity index (χ1) is 3.31. The van der Waals surface area contributed by atoms with E-state index in [1.165, 1.54) is 17.6 Å². The molecule has 0 fully saturated rings. The minimum absolute atomic E-state index is 0.179. The molecule has 41 valence electrons. The molecule has 0 bridgehead atoms. The maximum atomic E-state index is 8.97. The van der Waals surface area contributed by atoms with Gasteiger partial charge in [-0.1, -0.05) is 0 Å². The van der Waals surface area contributed by atoms with Gasteiger partial charge in [0.2, 0.25) is 0 Å². The molecule has 0 aliphatic carbocycles. The van der Waals surface area contributed by atoms with E-state index in [9.17, 15) is 0 Å². The Kier molecular flexibility index (Phi) is 6.72. The van der Waals surface area contributed by atoms with Crippen LogP contribution in [0.5, 0.6) is 0 Å². The van der Waals surface area contributed by atoms with Crippen molar-refractivity contribution in [3.63, 3.8) is 0 Å². The van der Waals surface area contributed by atoms with Crippen molar-refractivity contribution in [2.45, 2.75) is 24.1 Å². The Bertz CT molecular complexity index is 40.7. The van der Waals surface area contributed by atoms with Crippen molar-refractivity contribution in [2.75, 3.05) is 0 Å². The summed E-state index contributed by atoms with van der Waals surface area (Å²) in [6.45, 7) is 2.12. The number of rotatable bonds is 3. The molecule has 0 amide bonds. The molecular weight excluding hydrogens is 426 g/mol. The Labute approximate surface area is 62.8 Å². The van der Waals surface area contributed by atoms with Crippen LogP contribution in [0.1, 0.15) is 19.8 Å². The van der Waals surface area contributed by atoms with Crippen LogP contribution in [-0.4, -0.2) is 9.43 Å². The van der Waals surface area contributed by atoms with Crippen molar-refractivity contribution in [2.24, 2.45) is 0 Å². The fourth-order valence-corrected chi connectivity index (χ4v) is 5.05. The van der Waals surface area contributed by atoms with Gasteiger partial charge >= 0.3 is 63.2 Å². The average molecular weight is 435 g/mol. The molecule has 0 spiro atoms. The van der Waals surface area contributed by atoms with E-state index in [4.69, 9.17) is 5.11 Å². The predicted octanol–water partition coefficient (Wildman–Crippen LogP) is 0.649. The molecule has 1 N–H and O–H groups in total. The molecule has 0 aromatic rings. The second kappa shape index (κ2) is 5.57. The SMILES string of the molecule is CCC[CH](O)[Ta][Ta]. The van der Waals surface area contributed by atoms with Gasteiger partial charge in [-0.15, -0.1) is 0 Å². The molecule has 0 aliphatic rings. The summed E-state index contributed by atoms with van der Waals surface area (Å²) < 4.78 is 0.179. The van der Waals surface area contributed by atoms with Gasteiger partial charge in [-0.25, -0.2) is 0 Å². The summed E-state index contributed by atoms with van der Waals surface area (Å²) in [5.41, 5.74) is 0. The standard InChI is InChI=1S/C4H9O.2Ta/c1-2-3-4-5;;/h4-5H,2-3H2,1H3;;. The fraction of sp³-hybridized carbons (Fsp3) is 1.00. The molecule has 0 radical (unpaired) electrons. The van der Waals surface area contributed by atoms with Crippen LogP contribution in [-0.2, 0) is 34.0 Å². The van der Waals surface area contributed by atoms with Gasteiger partial charge < -0.3 is 0 Å². The summed E-state index contributed by atoms with van der Waals surface area (Å²) in [6.07, 6.45) is 2.22. The first-order valence-electron chi connectivity index (χ1n) is 2.33. The third-order valence-corrected chi connectivity index (χ3v) is 10.4. The van der Waals surface area contributed by atoms with E-state index in [2.05, 4.69) is 6.92 Å². The first-order valence-corrected chi connectivity index (χ1v) is 17.4. The maximum absolute atomic E-state index is 8.97. The Morgan fingerprint density at radius 3 is 2.57 bits per heavy atom. The summed E-state index contributed by atoms with van der Waals surface area (Å²) in [5, 5.41) is 8.97. The van der Waals surface area contributed by atoms with Crippen LogP contribution < -0.4 is 0 Å². The van der Waals surface area contributed by atoms with E-state index in [-0.39, 0.29) is 20.7 Å². The topological polar surface area (TPSA) is 20.2 Å². The van der Waals surface area contributed by atoms with E-state index < -0.39 is 0 Å². The van der Waals surface area contributed by atoms with Gasteiger partial charge in [0, 0.05) is 0 Å². The van der Waals surface area contributed by atoms with Gasteiger partial charge in [0.1, 0.15) is 0 Å². The average Bonchev–Trinajstić information content (AvgIpc) is 1.68. The molecule has 0 saturated carbocycles. The van der Waals surface area contributed by atoms with Gasteiger partial charge in [0.15, 0.2) is 0 Å². The Morgan fingerprint density at radius 2 is 2.43 bits per heavy atom. The van der Waals surface area contributed by atoms with Gasteiger partial charge in [0.05, 0.1) is 0 Å². The van der Waals surface area contributed by atoms with E-state index >= 15 is 0 Å². The summed E-state index contributed by atoms with van der Waals surface area (Å²) in [4.78, 5) is 0. The summed E-state index contributed by atoms with van der Waals surface area (Å²) >= 11 is 1.18. The molecule has 0 heterocycles. The zero-order valence-corrected chi connectivity index (χ0v) is 10.8. The zero-order chi connectivity index (χ0) is 5.70. The van der Waals surface area contributed by atoms with E-state index in [0.29, 0.717) is 0 Å². The summed E-state index contributed by atoms with van der Waals surface area (Å²) in [5.74, 6) is 0. The van der Waals surface area contributed by atoms with Crippen LogP contribution in [0.3, 0.4) is 0 Å². The summed E-state index contributed by atoms with van der Waals surface area (Å²) in [6, 6.07) is 0. The molecule has 1 nitrogen and oxygen atoms in total. The zero-order valence-electron chi connectivity index (χ0n) is 4.33. The van der Waals surface area contributed by atoms with Crippen LogP contribution in [0.15, 0.2) is 0 Å². The third kappa shape index (κ3) is 5.31. The molecular formula is C4H9OTa2. The van der Waals surface area contributed by atoms with Crippen molar-refractivity contribution in [3.8, 4) is 0 Å². The Hall–Kier alpha value is 1.44. The van der Waals surface area contributed by atoms with Crippen molar-refractivity contribution in [1.29, 1.82) is 0 Å². The number of hydrogen-bond donors (Lipinski definition) is 1. The Morgan fingerprint density at radius 1 is 1.86 bits per heavy atom. The number of aliphatic hydroxyl groups is 1. The first kappa shape index (κ1) is 8.44. The quantitative estimate of drug-likeness (QED) is 0.691. The molecule has 7 heavy (non-hydrogen) atoms. The van der Waals surface area contributed by atoms with Crippen molar-refractivity contribution in [3.05, 3.63) is 0 Å². The van der Waals surface area contributed by atoms with Crippen LogP contribution in [0, 0.1) is 0 Å². The van der Waals surface area contributed by atoms with Crippen LogP contribution in [0.4, 0.5) is 0 Å². The van der Waals surface area contributed by atoms with Crippen molar-refractivity contribution in [1.82, 2.24) is 0 Å². The van der Waals surface area contributed by atoms with E-state index in [1.54, 1.807) is 0 Å². The van der Waals surface area contributed by atoms with E-state index in [0.717, 1.165) is 12.8 Å². The summed E-state index contributed by atoms with van der Waals surface area (Å²) in [7, 11) is 0. The molecule has 0 aliphatic heterocycles. The van der Waals surface area contributed by atoms with E-state index in [1.807, 2.05) is 0 Å². The molecule has 0 saturated heterocycles. The predicted molar refractivity (Wildman–Crippen MR) is 20.9 cm³/mol. The second-order valence-electron chi connectivity index (χ2n) is 1.38. The van der Waals surface area contributed by atoms with Crippen LogP contribution >= 0.6 is 0 Å². The molecule has 1 atom stereocenters. The third-order valence-electron chi connectivity index (χ3n) is 0.680. The van der Waals surface area contributed by atoms with Crippen LogP contribution in [0.25, 0.3) is 0 Å². The fourth-order valence-electron chi connectivity index (χ4n) is 0.316. The molecule has 3 heteroatoms. The molecule has 0 aromatic heterocycles. The van der Waals surface area contributed by atoms with Crippen molar-refractivity contribution >= 4 is 0 Å². The minimum atomic E-state index is -0.310. The molecule has 1 unspecified atom stereocenters. The normalized spacial score (nSPS) is 13.4. The Balaban J connectivity index is 2.83. The monoisotopic (exact) mass is 435 g/mol. The van der Waals surface area contributed by atoms with Crippen LogP contribution in [0.2, 0.25) is 0 Å². The van der Waals surface area contributed by atoms with Gasteiger partial charge in [-0.2, -0.15) is 0 Å². The van der Waals surface area contributed by atoms with Gasteiger partial charge in [-0.05, 0) is 0 Å². The van der Waals surface area contributed by atoms with Gasteiger partial charge in [0.25, 0.3) is 0 Å². The second-order valence-corrected chi connectivity index (χ2v) is 11.1. The number of aliphatic hydroxyl groups excluding tert-OH is 1. The van der Waals surface area contributed by atoms with Gasteiger partial charge in [-0.3, -0.25) is 0 Å². The molecule has 0 rings (SSSR count). The number of hydrogen-bond acceptors (Lipinski definition) is 1. The van der Waals surface area contributed by atoms with Crippen molar-refractivity contribution < 1.29 is 39.1 Å². The molecule has 0 aromatic carbocycles.